The topological polar surface area (TPSA) is 107 Å². The van der Waals surface area contributed by atoms with Gasteiger partial charge in [0.2, 0.25) is 0 Å². The van der Waals surface area contributed by atoms with Crippen molar-refractivity contribution in [2.24, 2.45) is 4.99 Å². The molecule has 0 amide bonds. The highest BCUT2D eigenvalue weighted by Crippen LogP contribution is 2.39. The Morgan fingerprint density at radius 3 is 1.92 bits per heavy atom. The quantitative estimate of drug-likeness (QED) is 0.213. The van der Waals surface area contributed by atoms with E-state index in [-0.39, 0.29) is 0 Å². The van der Waals surface area contributed by atoms with Gasteiger partial charge in [0.25, 0.3) is 0 Å². The fraction of sp³-hybridized carbons (Fsp3) is 0.500. The van der Waals surface area contributed by atoms with Crippen molar-refractivity contribution in [3.63, 3.8) is 0 Å². The number of morpholine rings is 2. The molecule has 12 nitrogen and oxygen atoms in total. The number of aromatic nitrogens is 4. The summed E-state index contributed by atoms with van der Waals surface area (Å²) in [5.41, 5.74) is 6.32. The fourth-order valence-corrected chi connectivity index (χ4v) is 10.7. The summed E-state index contributed by atoms with van der Waals surface area (Å²) in [6, 6.07) is 6.43. The molecule has 1 N–H and O–H groups in total. The number of benzene rings is 1. The van der Waals surface area contributed by atoms with Gasteiger partial charge >= 0.3 is 0 Å². The van der Waals surface area contributed by atoms with Crippen molar-refractivity contribution >= 4 is 72.4 Å². The Bertz CT molecular complexity index is 2090. The SMILES string of the molecule is C1=NCc2ccc(Nc3ncnc4sc5c(c34)CCN(CCN3CCOCC3)C5)cc21.Clc1ncnc2sc3c(c12)CCN(CCN1CCOCC1)C3. The molecule has 2 saturated heterocycles. The highest BCUT2D eigenvalue weighted by atomic mass is 35.5. The zero-order chi connectivity index (χ0) is 35.6. The maximum Gasteiger partial charge on any atom is 0.142 e. The summed E-state index contributed by atoms with van der Waals surface area (Å²) < 4.78 is 10.9. The first-order valence-corrected chi connectivity index (χ1v) is 20.8. The fourth-order valence-electron chi connectivity index (χ4n) is 7.93. The van der Waals surface area contributed by atoms with Gasteiger partial charge in [-0.05, 0) is 47.2 Å². The summed E-state index contributed by atoms with van der Waals surface area (Å²) in [4.78, 5) is 37.1. The van der Waals surface area contributed by atoms with Crippen LogP contribution >= 0.6 is 34.3 Å². The van der Waals surface area contributed by atoms with Gasteiger partial charge in [0.05, 0.1) is 43.7 Å². The van der Waals surface area contributed by atoms with Crippen molar-refractivity contribution in [3.8, 4) is 0 Å². The van der Waals surface area contributed by atoms with Gasteiger partial charge in [-0.1, -0.05) is 17.7 Å². The molecular formula is C38H45ClN10O2S2. The molecule has 0 atom stereocenters. The van der Waals surface area contributed by atoms with Crippen LogP contribution in [0.25, 0.3) is 20.4 Å². The molecule has 1 aromatic carbocycles. The Morgan fingerprint density at radius 2 is 1.26 bits per heavy atom. The highest BCUT2D eigenvalue weighted by Gasteiger charge is 2.26. The van der Waals surface area contributed by atoms with E-state index in [1.165, 1.54) is 37.4 Å². The molecule has 15 heteroatoms. The van der Waals surface area contributed by atoms with Gasteiger partial charge in [-0.3, -0.25) is 24.6 Å². The average molecular weight is 773 g/mol. The summed E-state index contributed by atoms with van der Waals surface area (Å²) in [6.45, 7) is 17.2. The molecule has 0 bridgehead atoms. The van der Waals surface area contributed by atoms with Gasteiger partial charge in [0.15, 0.2) is 0 Å². The third-order valence-corrected chi connectivity index (χ3v) is 13.5. The number of hydrogen-bond acceptors (Lipinski definition) is 14. The number of nitrogens with zero attached hydrogens (tertiary/aromatic N) is 9. The van der Waals surface area contributed by atoms with Crippen molar-refractivity contribution in [1.29, 1.82) is 0 Å². The number of fused-ring (bicyclic) bond motifs is 7. The molecule has 0 unspecified atom stereocenters. The lowest BCUT2D eigenvalue weighted by molar-refractivity contribution is 0.0327. The lowest BCUT2D eigenvalue weighted by Gasteiger charge is -2.31. The molecule has 10 rings (SSSR count). The zero-order valence-corrected chi connectivity index (χ0v) is 32.3. The zero-order valence-electron chi connectivity index (χ0n) is 29.9. The van der Waals surface area contributed by atoms with Gasteiger partial charge in [0, 0.05) is 100 Å². The summed E-state index contributed by atoms with van der Waals surface area (Å²) in [5.74, 6) is 0.916. The van der Waals surface area contributed by atoms with Crippen LogP contribution in [0.5, 0.6) is 0 Å². The van der Waals surface area contributed by atoms with Crippen molar-refractivity contribution in [2.75, 3.05) is 97.2 Å². The van der Waals surface area contributed by atoms with Crippen LogP contribution in [0, 0.1) is 0 Å². The molecule has 4 aromatic heterocycles. The Morgan fingerprint density at radius 1 is 0.679 bits per heavy atom. The number of ether oxygens (including phenoxy) is 2. The lowest BCUT2D eigenvalue weighted by Crippen LogP contribution is -2.42. The van der Waals surface area contributed by atoms with Gasteiger partial charge in [-0.2, -0.15) is 0 Å². The van der Waals surface area contributed by atoms with E-state index in [1.807, 2.05) is 17.6 Å². The second kappa shape index (κ2) is 16.3. The molecule has 0 radical (unpaired) electrons. The van der Waals surface area contributed by atoms with Crippen LogP contribution in [0.15, 0.2) is 35.8 Å². The first-order valence-electron chi connectivity index (χ1n) is 18.8. The number of hydrogen-bond donors (Lipinski definition) is 1. The van der Waals surface area contributed by atoms with Crippen LogP contribution in [0.3, 0.4) is 0 Å². The van der Waals surface area contributed by atoms with E-state index >= 15 is 0 Å². The van der Waals surface area contributed by atoms with Crippen molar-refractivity contribution in [3.05, 3.63) is 68.0 Å². The average Bonchev–Trinajstić information content (AvgIpc) is 3.93. The molecule has 2 fully saturated rings. The number of nitrogens with one attached hydrogen (secondary N) is 1. The van der Waals surface area contributed by atoms with Crippen molar-refractivity contribution < 1.29 is 9.47 Å². The van der Waals surface area contributed by atoms with Gasteiger partial charge in [-0.15, -0.1) is 22.7 Å². The first kappa shape index (κ1) is 35.5. The van der Waals surface area contributed by atoms with Gasteiger partial charge in [0.1, 0.15) is 33.3 Å². The highest BCUT2D eigenvalue weighted by molar-refractivity contribution is 7.19. The first-order chi connectivity index (χ1) is 26.1. The van der Waals surface area contributed by atoms with Crippen molar-refractivity contribution in [2.45, 2.75) is 32.5 Å². The lowest BCUT2D eigenvalue weighted by atomic mass is 10.0. The van der Waals surface area contributed by atoms with E-state index in [9.17, 15) is 0 Å². The largest absolute Gasteiger partial charge is 0.379 e. The molecule has 9 heterocycles. The normalized spacial score (nSPS) is 19.6. The number of rotatable bonds is 8. The Balaban J connectivity index is 0.000000149. The van der Waals surface area contributed by atoms with E-state index in [2.05, 4.69) is 68.0 Å². The smallest absolute Gasteiger partial charge is 0.142 e. The van der Waals surface area contributed by atoms with Crippen LogP contribution in [0.4, 0.5) is 11.5 Å². The predicted octanol–water partition coefficient (Wildman–Crippen LogP) is 5.09. The van der Waals surface area contributed by atoms with E-state index in [1.54, 1.807) is 24.0 Å². The van der Waals surface area contributed by atoms with Gasteiger partial charge in [-0.25, -0.2) is 19.9 Å². The second-order valence-electron chi connectivity index (χ2n) is 14.2. The Kier molecular flexibility index (Phi) is 10.9. The Labute approximate surface area is 322 Å². The maximum atomic E-state index is 6.26. The minimum atomic E-state index is 0.601. The van der Waals surface area contributed by atoms with Crippen LogP contribution in [0.2, 0.25) is 5.15 Å². The predicted molar refractivity (Wildman–Crippen MR) is 213 cm³/mol. The minimum Gasteiger partial charge on any atom is -0.379 e. The molecule has 5 aliphatic rings. The Hall–Kier alpha value is -3.18. The number of halogens is 1. The van der Waals surface area contributed by atoms with E-state index < -0.39 is 0 Å². The molecule has 0 spiro atoms. The van der Waals surface area contributed by atoms with E-state index in [0.29, 0.717) is 5.15 Å². The number of anilines is 2. The van der Waals surface area contributed by atoms with E-state index in [4.69, 9.17) is 21.1 Å². The van der Waals surface area contributed by atoms with Crippen LogP contribution < -0.4 is 5.32 Å². The molecule has 0 aliphatic carbocycles. The van der Waals surface area contributed by atoms with E-state index in [0.717, 1.165) is 151 Å². The summed E-state index contributed by atoms with van der Waals surface area (Å²) in [6.07, 6.45) is 7.29. The summed E-state index contributed by atoms with van der Waals surface area (Å²) >= 11 is 9.85. The van der Waals surface area contributed by atoms with Crippen LogP contribution in [-0.2, 0) is 41.9 Å². The number of thiophene rings is 2. The minimum absolute atomic E-state index is 0.601. The summed E-state index contributed by atoms with van der Waals surface area (Å²) in [7, 11) is 0. The third-order valence-electron chi connectivity index (χ3n) is 11.0. The van der Waals surface area contributed by atoms with Crippen molar-refractivity contribution in [1.82, 2.24) is 39.5 Å². The monoisotopic (exact) mass is 772 g/mol. The number of aliphatic imine (C=N–C) groups is 1. The van der Waals surface area contributed by atoms with Crippen LogP contribution in [0.1, 0.15) is 32.0 Å². The summed E-state index contributed by atoms with van der Waals surface area (Å²) in [5, 5.41) is 6.43. The maximum absolute atomic E-state index is 6.26. The molecule has 53 heavy (non-hydrogen) atoms. The van der Waals surface area contributed by atoms with Gasteiger partial charge < -0.3 is 14.8 Å². The molecule has 5 aromatic rings. The molecule has 0 saturated carbocycles. The second-order valence-corrected chi connectivity index (χ2v) is 16.7. The molecule has 5 aliphatic heterocycles. The standard InChI is InChI=1S/C23H26N6OS.C15H19ClN4OS/c1-2-18(11-17-13-24-12-16(1)17)27-22-21-19-3-4-29(6-5-28-7-9-30-10-8-28)14-20(19)31-23(21)26-15-25-22;16-14-13-11-1-2-20(4-3-19-5-7-21-8-6-19)9-12(11)22-15(13)18-10-17-14/h1-2,11,13,15H,3-10,12,14H2,(H,25,26,27);10H,1-9H2. The van der Waals surface area contributed by atoms with Crippen LogP contribution in [-0.4, -0.2) is 138 Å². The molecule has 278 valence electrons. The third kappa shape index (κ3) is 7.98. The molecular weight excluding hydrogens is 728 g/mol.